The maximum absolute atomic E-state index is 11.9. The molecule has 0 unspecified atom stereocenters. The molecule has 2 aliphatic heterocycles. The average molecular weight is 271 g/mol. The third-order valence-corrected chi connectivity index (χ3v) is 5.17. The van der Waals surface area contributed by atoms with Gasteiger partial charge in [-0.05, 0) is 12.8 Å². The van der Waals surface area contributed by atoms with Gasteiger partial charge in [0.1, 0.15) is 9.93 Å². The van der Waals surface area contributed by atoms with Crippen molar-refractivity contribution in [1.29, 1.82) is 0 Å². The Bertz CT molecular complexity index is 388. The zero-order valence-corrected chi connectivity index (χ0v) is 12.0. The number of nitrogens with zero attached hydrogens (tertiary/aromatic N) is 1. The lowest BCUT2D eigenvalue weighted by atomic mass is 10.2. The quantitative estimate of drug-likeness (QED) is 0.736. The Hall–Kier alpha value is -0.550. The van der Waals surface area contributed by atoms with E-state index in [1.165, 1.54) is 4.91 Å². The molecule has 0 saturated carbocycles. The average Bonchev–Trinajstić information content (AvgIpc) is 2.72. The van der Waals surface area contributed by atoms with E-state index in [4.69, 9.17) is 4.74 Å². The van der Waals surface area contributed by atoms with Crippen molar-refractivity contribution in [3.8, 4) is 0 Å². The summed E-state index contributed by atoms with van der Waals surface area (Å²) in [6, 6.07) is 0. The zero-order chi connectivity index (χ0) is 12.4. The van der Waals surface area contributed by atoms with Crippen LogP contribution in [0.1, 0.15) is 20.8 Å². The third kappa shape index (κ3) is 2.65. The Labute approximate surface area is 111 Å². The number of fused-ring (bicyclic) bond motifs is 1. The summed E-state index contributed by atoms with van der Waals surface area (Å²) in [6.45, 7) is 7.61. The number of esters is 1. The molecule has 0 aromatic rings. The molecule has 2 heterocycles. The summed E-state index contributed by atoms with van der Waals surface area (Å²) < 4.78 is 5.10. The Morgan fingerprint density at radius 2 is 2.35 bits per heavy atom. The predicted molar refractivity (Wildman–Crippen MR) is 73.3 cm³/mol. The van der Waals surface area contributed by atoms with Gasteiger partial charge >= 0.3 is 5.97 Å². The topological polar surface area (TPSA) is 29.5 Å². The van der Waals surface area contributed by atoms with Crippen LogP contribution in [0.5, 0.6) is 0 Å². The van der Waals surface area contributed by atoms with Crippen LogP contribution in [-0.2, 0) is 9.53 Å². The van der Waals surface area contributed by atoms with Gasteiger partial charge in [0.15, 0.2) is 0 Å². The van der Waals surface area contributed by atoms with Crippen LogP contribution >= 0.6 is 23.5 Å². The van der Waals surface area contributed by atoms with Crippen molar-refractivity contribution >= 4 is 29.5 Å². The summed E-state index contributed by atoms with van der Waals surface area (Å²) in [7, 11) is 0. The Morgan fingerprint density at radius 3 is 3.00 bits per heavy atom. The molecule has 2 aliphatic rings. The first kappa shape index (κ1) is 12.9. The number of rotatable bonds is 3. The van der Waals surface area contributed by atoms with E-state index >= 15 is 0 Å². The molecule has 0 N–H and O–H groups in total. The van der Waals surface area contributed by atoms with E-state index in [9.17, 15) is 4.79 Å². The second kappa shape index (κ2) is 5.40. The standard InChI is InChI=1S/C12H17NO2S2/c1-4-15-12(14)10-11-13(5-6-16-10)7-9(17-11)8(2)3/h7-8H,4-6H2,1-3H3. The second-order valence-electron chi connectivity index (χ2n) is 4.18. The maximum atomic E-state index is 11.9. The molecule has 5 heteroatoms. The molecule has 0 amide bonds. The molecule has 0 bridgehead atoms. The van der Waals surface area contributed by atoms with E-state index in [1.807, 2.05) is 6.92 Å². The second-order valence-corrected chi connectivity index (χ2v) is 6.35. The molecule has 94 valence electrons. The molecular formula is C12H17NO2S2. The minimum Gasteiger partial charge on any atom is -0.462 e. The molecule has 0 aromatic heterocycles. The highest BCUT2D eigenvalue weighted by atomic mass is 32.2. The molecule has 2 rings (SSSR count). The molecule has 0 aromatic carbocycles. The Kier molecular flexibility index (Phi) is 4.09. The first-order valence-electron chi connectivity index (χ1n) is 5.84. The van der Waals surface area contributed by atoms with E-state index in [0.29, 0.717) is 12.5 Å². The van der Waals surface area contributed by atoms with Crippen LogP contribution in [0.15, 0.2) is 21.0 Å². The van der Waals surface area contributed by atoms with Gasteiger partial charge in [0.25, 0.3) is 0 Å². The fourth-order valence-electron chi connectivity index (χ4n) is 1.67. The lowest BCUT2D eigenvalue weighted by Crippen LogP contribution is -2.23. The number of thioether (sulfide) groups is 2. The minimum atomic E-state index is -0.178. The van der Waals surface area contributed by atoms with Crippen LogP contribution < -0.4 is 0 Å². The van der Waals surface area contributed by atoms with Crippen molar-refractivity contribution in [2.45, 2.75) is 20.8 Å². The summed E-state index contributed by atoms with van der Waals surface area (Å²) in [5, 5.41) is 1.06. The largest absolute Gasteiger partial charge is 0.462 e. The SMILES string of the molecule is CCOC(=O)C1=C2SC(C(C)C)=CN2CCS1. The van der Waals surface area contributed by atoms with E-state index in [2.05, 4.69) is 24.9 Å². The monoisotopic (exact) mass is 271 g/mol. The fraction of sp³-hybridized carbons (Fsp3) is 0.583. The van der Waals surface area contributed by atoms with Crippen molar-refractivity contribution < 1.29 is 9.53 Å². The van der Waals surface area contributed by atoms with Gasteiger partial charge in [0.2, 0.25) is 0 Å². The van der Waals surface area contributed by atoms with E-state index < -0.39 is 0 Å². The molecule has 3 nitrogen and oxygen atoms in total. The number of carbonyl (C=O) groups is 1. The first-order valence-corrected chi connectivity index (χ1v) is 7.64. The normalized spacial score (nSPS) is 19.5. The summed E-state index contributed by atoms with van der Waals surface area (Å²) in [6.07, 6.45) is 2.17. The van der Waals surface area contributed by atoms with Crippen LogP contribution in [-0.4, -0.2) is 29.8 Å². The zero-order valence-electron chi connectivity index (χ0n) is 10.4. The predicted octanol–water partition coefficient (Wildman–Crippen LogP) is 3.01. The lowest BCUT2D eigenvalue weighted by Gasteiger charge is -2.24. The summed E-state index contributed by atoms with van der Waals surface area (Å²) in [5.41, 5.74) is 0. The number of hydrogen-bond acceptors (Lipinski definition) is 5. The van der Waals surface area contributed by atoms with Crippen molar-refractivity contribution in [2.75, 3.05) is 18.9 Å². The summed E-state index contributed by atoms with van der Waals surface area (Å²) >= 11 is 3.32. The van der Waals surface area contributed by atoms with Crippen LogP contribution in [0, 0.1) is 5.92 Å². The molecule has 0 spiro atoms. The molecule has 0 aliphatic carbocycles. The smallest absolute Gasteiger partial charge is 0.347 e. The van der Waals surface area contributed by atoms with Crippen LogP contribution in [0.25, 0.3) is 0 Å². The van der Waals surface area contributed by atoms with Gasteiger partial charge in [-0.2, -0.15) is 0 Å². The highest BCUT2D eigenvalue weighted by Crippen LogP contribution is 2.46. The maximum Gasteiger partial charge on any atom is 0.347 e. The number of ether oxygens (including phenoxy) is 1. The van der Waals surface area contributed by atoms with Crippen LogP contribution in [0.2, 0.25) is 0 Å². The van der Waals surface area contributed by atoms with Crippen LogP contribution in [0.3, 0.4) is 0 Å². The van der Waals surface area contributed by atoms with Gasteiger partial charge in [-0.25, -0.2) is 4.79 Å². The Balaban J connectivity index is 2.22. The molecule has 0 radical (unpaired) electrons. The molecule has 0 atom stereocenters. The van der Waals surface area contributed by atoms with Gasteiger partial charge in [-0.3, -0.25) is 0 Å². The number of hydrogen-bond donors (Lipinski definition) is 0. The van der Waals surface area contributed by atoms with Gasteiger partial charge in [-0.15, -0.1) is 11.8 Å². The highest BCUT2D eigenvalue weighted by molar-refractivity contribution is 8.09. The van der Waals surface area contributed by atoms with Crippen molar-refractivity contribution in [2.24, 2.45) is 5.92 Å². The van der Waals surface area contributed by atoms with E-state index in [-0.39, 0.29) is 5.97 Å². The van der Waals surface area contributed by atoms with Crippen molar-refractivity contribution in [1.82, 2.24) is 4.90 Å². The molecule has 0 saturated heterocycles. The summed E-state index contributed by atoms with van der Waals surface area (Å²) in [4.78, 5) is 16.1. The van der Waals surface area contributed by atoms with Crippen LogP contribution in [0.4, 0.5) is 0 Å². The van der Waals surface area contributed by atoms with E-state index in [0.717, 1.165) is 22.2 Å². The first-order chi connectivity index (χ1) is 8.13. The molecule has 17 heavy (non-hydrogen) atoms. The minimum absolute atomic E-state index is 0.178. The lowest BCUT2D eigenvalue weighted by molar-refractivity contribution is -0.137. The van der Waals surface area contributed by atoms with Gasteiger partial charge in [0, 0.05) is 23.4 Å². The molecular weight excluding hydrogens is 254 g/mol. The number of allylic oxidation sites excluding steroid dienone is 1. The van der Waals surface area contributed by atoms with Crippen molar-refractivity contribution in [3.63, 3.8) is 0 Å². The van der Waals surface area contributed by atoms with Gasteiger partial charge in [0.05, 0.1) is 6.61 Å². The molecule has 0 fully saturated rings. The van der Waals surface area contributed by atoms with Gasteiger partial charge < -0.3 is 9.64 Å². The highest BCUT2D eigenvalue weighted by Gasteiger charge is 2.31. The van der Waals surface area contributed by atoms with Crippen molar-refractivity contribution in [3.05, 3.63) is 21.0 Å². The third-order valence-electron chi connectivity index (χ3n) is 2.56. The van der Waals surface area contributed by atoms with Gasteiger partial charge in [-0.1, -0.05) is 25.6 Å². The van der Waals surface area contributed by atoms with E-state index in [1.54, 1.807) is 23.5 Å². The summed E-state index contributed by atoms with van der Waals surface area (Å²) in [5.74, 6) is 1.27. The fourth-order valence-corrected chi connectivity index (χ4v) is 3.96. The Morgan fingerprint density at radius 1 is 1.59 bits per heavy atom. The number of carbonyl (C=O) groups excluding carboxylic acids is 1.